The van der Waals surface area contributed by atoms with Crippen molar-refractivity contribution in [2.45, 2.75) is 0 Å². The highest BCUT2D eigenvalue weighted by Crippen LogP contribution is 2.32. The molecule has 0 fully saturated rings. The van der Waals surface area contributed by atoms with Gasteiger partial charge in [0.1, 0.15) is 0 Å². The molecular weight excluding hydrogens is 350 g/mol. The standard InChI is InChI=1S/C19H17N3O5/c23-17(9-6-13-4-2-1-3-5-13)20-11-18(24)21-22-19(25)14-7-8-15-16(10-14)27-12-26-15/h1-10H,11-12H2,(H,20,23)(H,21,24)(H,22,25)/b9-6+. The fourth-order valence-electron chi connectivity index (χ4n) is 2.24. The van der Waals surface area contributed by atoms with E-state index in [-0.39, 0.29) is 13.3 Å². The average Bonchev–Trinajstić information content (AvgIpc) is 3.17. The van der Waals surface area contributed by atoms with Crippen molar-refractivity contribution in [3.8, 4) is 11.5 Å². The van der Waals surface area contributed by atoms with Crippen LogP contribution in [0.1, 0.15) is 15.9 Å². The summed E-state index contributed by atoms with van der Waals surface area (Å²) in [5, 5.41) is 2.42. The van der Waals surface area contributed by atoms with Gasteiger partial charge in [-0.3, -0.25) is 25.2 Å². The molecule has 2 aromatic carbocycles. The summed E-state index contributed by atoms with van der Waals surface area (Å²) in [5.74, 6) is -0.480. The van der Waals surface area contributed by atoms with Crippen LogP contribution in [0.5, 0.6) is 11.5 Å². The Morgan fingerprint density at radius 3 is 2.56 bits per heavy atom. The Labute approximate surface area is 155 Å². The molecule has 0 radical (unpaired) electrons. The molecule has 3 amide bonds. The number of carbonyl (C=O) groups excluding carboxylic acids is 3. The van der Waals surface area contributed by atoms with Gasteiger partial charge in [-0.1, -0.05) is 30.3 Å². The summed E-state index contributed by atoms with van der Waals surface area (Å²) in [4.78, 5) is 35.5. The van der Waals surface area contributed by atoms with Crippen LogP contribution in [0, 0.1) is 0 Å². The topological polar surface area (TPSA) is 106 Å². The number of amides is 3. The van der Waals surface area contributed by atoms with Crippen LogP contribution >= 0.6 is 0 Å². The molecule has 0 saturated carbocycles. The van der Waals surface area contributed by atoms with Crippen molar-refractivity contribution in [1.29, 1.82) is 0 Å². The van der Waals surface area contributed by atoms with E-state index >= 15 is 0 Å². The van der Waals surface area contributed by atoms with Gasteiger partial charge in [0.25, 0.3) is 11.8 Å². The highest BCUT2D eigenvalue weighted by atomic mass is 16.7. The van der Waals surface area contributed by atoms with Gasteiger partial charge in [-0.2, -0.15) is 0 Å². The summed E-state index contributed by atoms with van der Waals surface area (Å²) >= 11 is 0. The highest BCUT2D eigenvalue weighted by Gasteiger charge is 2.16. The predicted octanol–water partition coefficient (Wildman–Crippen LogP) is 1.01. The quantitative estimate of drug-likeness (QED) is 0.540. The normalized spacial score (nSPS) is 11.9. The van der Waals surface area contributed by atoms with Crippen molar-refractivity contribution in [2.24, 2.45) is 0 Å². The molecule has 0 bridgehead atoms. The lowest BCUT2D eigenvalue weighted by Crippen LogP contribution is -2.46. The first-order chi connectivity index (χ1) is 13.1. The van der Waals surface area contributed by atoms with E-state index < -0.39 is 17.7 Å². The maximum Gasteiger partial charge on any atom is 0.269 e. The summed E-state index contributed by atoms with van der Waals surface area (Å²) in [6, 6.07) is 14.0. The Kier molecular flexibility index (Phi) is 5.68. The van der Waals surface area contributed by atoms with Gasteiger partial charge < -0.3 is 14.8 Å². The van der Waals surface area contributed by atoms with Gasteiger partial charge in [0.2, 0.25) is 12.7 Å². The molecular formula is C19H17N3O5. The molecule has 27 heavy (non-hydrogen) atoms. The van der Waals surface area contributed by atoms with Gasteiger partial charge in [0.15, 0.2) is 11.5 Å². The number of ether oxygens (including phenoxy) is 2. The lowest BCUT2D eigenvalue weighted by atomic mass is 10.2. The molecule has 1 aliphatic rings. The predicted molar refractivity (Wildman–Crippen MR) is 96.7 cm³/mol. The Balaban J connectivity index is 1.41. The molecule has 8 nitrogen and oxygen atoms in total. The molecule has 2 aromatic rings. The zero-order valence-corrected chi connectivity index (χ0v) is 14.2. The minimum atomic E-state index is -0.564. The largest absolute Gasteiger partial charge is 0.454 e. The van der Waals surface area contributed by atoms with Crippen LogP contribution in [0.4, 0.5) is 0 Å². The maximum absolute atomic E-state index is 12.0. The summed E-state index contributed by atoms with van der Waals surface area (Å²) < 4.78 is 10.4. The first kappa shape index (κ1) is 18.0. The number of hydrogen-bond acceptors (Lipinski definition) is 5. The number of rotatable bonds is 5. The molecule has 3 N–H and O–H groups in total. The minimum absolute atomic E-state index is 0.107. The number of carbonyl (C=O) groups is 3. The number of nitrogens with one attached hydrogen (secondary N) is 3. The third-order valence-electron chi connectivity index (χ3n) is 3.60. The summed E-state index contributed by atoms with van der Waals surface area (Å²) in [6.07, 6.45) is 2.96. The van der Waals surface area contributed by atoms with Gasteiger partial charge in [-0.15, -0.1) is 0 Å². The van der Waals surface area contributed by atoms with E-state index in [1.165, 1.54) is 12.1 Å². The Morgan fingerprint density at radius 2 is 1.74 bits per heavy atom. The van der Waals surface area contributed by atoms with Crippen molar-refractivity contribution in [2.75, 3.05) is 13.3 Å². The second kappa shape index (κ2) is 8.52. The second-order valence-electron chi connectivity index (χ2n) is 5.53. The lowest BCUT2D eigenvalue weighted by Gasteiger charge is -2.08. The van der Waals surface area contributed by atoms with Crippen LogP contribution in [0.25, 0.3) is 6.08 Å². The molecule has 0 unspecified atom stereocenters. The van der Waals surface area contributed by atoms with Crippen LogP contribution in [0.2, 0.25) is 0 Å². The van der Waals surface area contributed by atoms with Gasteiger partial charge in [-0.25, -0.2) is 0 Å². The van der Waals surface area contributed by atoms with Gasteiger partial charge in [-0.05, 0) is 29.8 Å². The monoisotopic (exact) mass is 367 g/mol. The van der Waals surface area contributed by atoms with E-state index in [1.807, 2.05) is 30.3 Å². The zero-order valence-electron chi connectivity index (χ0n) is 14.2. The summed E-state index contributed by atoms with van der Waals surface area (Å²) in [5.41, 5.74) is 5.66. The number of hydrogen-bond donors (Lipinski definition) is 3. The summed E-state index contributed by atoms with van der Waals surface area (Å²) in [6.45, 7) is -0.172. The van der Waals surface area contributed by atoms with Gasteiger partial charge in [0.05, 0.1) is 6.54 Å². The summed E-state index contributed by atoms with van der Waals surface area (Å²) in [7, 11) is 0. The molecule has 8 heteroatoms. The maximum atomic E-state index is 12.0. The molecule has 138 valence electrons. The third kappa shape index (κ3) is 5.08. The first-order valence-electron chi connectivity index (χ1n) is 8.11. The Hall–Kier alpha value is -3.81. The third-order valence-corrected chi connectivity index (χ3v) is 3.60. The molecule has 0 spiro atoms. The van der Waals surface area contributed by atoms with E-state index in [9.17, 15) is 14.4 Å². The number of fused-ring (bicyclic) bond motifs is 1. The van der Waals surface area contributed by atoms with Crippen LogP contribution in [-0.4, -0.2) is 31.1 Å². The second-order valence-corrected chi connectivity index (χ2v) is 5.53. The molecule has 0 saturated heterocycles. The van der Waals surface area contributed by atoms with E-state index in [0.717, 1.165) is 5.56 Å². The molecule has 0 atom stereocenters. The molecule has 0 aromatic heterocycles. The van der Waals surface area contributed by atoms with Crippen molar-refractivity contribution >= 4 is 23.8 Å². The molecule has 1 aliphatic heterocycles. The van der Waals surface area contributed by atoms with Crippen LogP contribution in [0.15, 0.2) is 54.6 Å². The number of benzene rings is 2. The van der Waals surface area contributed by atoms with E-state index in [1.54, 1.807) is 18.2 Å². The van der Waals surface area contributed by atoms with Crippen molar-refractivity contribution in [3.05, 3.63) is 65.7 Å². The molecule has 1 heterocycles. The van der Waals surface area contributed by atoms with Crippen LogP contribution in [-0.2, 0) is 9.59 Å². The fraction of sp³-hybridized carbons (Fsp3) is 0.105. The Bertz CT molecular complexity index is 880. The number of hydrazine groups is 1. The van der Waals surface area contributed by atoms with E-state index in [4.69, 9.17) is 9.47 Å². The van der Waals surface area contributed by atoms with Gasteiger partial charge >= 0.3 is 0 Å². The van der Waals surface area contributed by atoms with Crippen LogP contribution < -0.4 is 25.6 Å². The SMILES string of the molecule is O=C(/C=C/c1ccccc1)NCC(=O)NNC(=O)c1ccc2c(c1)OCO2. The minimum Gasteiger partial charge on any atom is -0.454 e. The van der Waals surface area contributed by atoms with Gasteiger partial charge in [0, 0.05) is 11.6 Å². The Morgan fingerprint density at radius 1 is 0.963 bits per heavy atom. The molecule has 3 rings (SSSR count). The highest BCUT2D eigenvalue weighted by molar-refractivity contribution is 5.97. The van der Waals surface area contributed by atoms with Crippen LogP contribution in [0.3, 0.4) is 0 Å². The van der Waals surface area contributed by atoms with Crippen molar-refractivity contribution in [1.82, 2.24) is 16.2 Å². The fourth-order valence-corrected chi connectivity index (χ4v) is 2.24. The van der Waals surface area contributed by atoms with Crippen molar-refractivity contribution in [3.63, 3.8) is 0 Å². The van der Waals surface area contributed by atoms with E-state index in [0.29, 0.717) is 17.1 Å². The van der Waals surface area contributed by atoms with Crippen molar-refractivity contribution < 1.29 is 23.9 Å². The first-order valence-corrected chi connectivity index (χ1v) is 8.11. The smallest absolute Gasteiger partial charge is 0.269 e. The lowest BCUT2D eigenvalue weighted by molar-refractivity contribution is -0.124. The van der Waals surface area contributed by atoms with E-state index in [2.05, 4.69) is 16.2 Å². The molecule has 0 aliphatic carbocycles. The average molecular weight is 367 g/mol. The zero-order chi connectivity index (χ0) is 19.1.